The highest BCUT2D eigenvalue weighted by Gasteiger charge is 2.43. The summed E-state index contributed by atoms with van der Waals surface area (Å²) in [7, 11) is 0. The van der Waals surface area contributed by atoms with E-state index in [1.807, 2.05) is 6.92 Å². The van der Waals surface area contributed by atoms with Crippen molar-refractivity contribution in [3.05, 3.63) is 0 Å². The van der Waals surface area contributed by atoms with Crippen LogP contribution in [0.1, 0.15) is 64.7 Å². The molecule has 1 aliphatic carbocycles. The Hall–Kier alpha value is -0.900. The van der Waals surface area contributed by atoms with Crippen molar-refractivity contribution in [2.24, 2.45) is 5.41 Å². The molecule has 0 bridgehead atoms. The summed E-state index contributed by atoms with van der Waals surface area (Å²) in [6.45, 7) is 2.28. The molecule has 2 rings (SSSR count). The molecule has 1 N–H and O–H groups in total. The zero-order chi connectivity index (χ0) is 13.9. The van der Waals surface area contributed by atoms with Gasteiger partial charge in [-0.3, -0.25) is 14.5 Å². The molecule has 1 heterocycles. The topological polar surface area (TPSA) is 57.6 Å². The van der Waals surface area contributed by atoms with E-state index in [0.717, 1.165) is 25.7 Å². The summed E-state index contributed by atoms with van der Waals surface area (Å²) in [6, 6.07) is 0. The summed E-state index contributed by atoms with van der Waals surface area (Å²) in [5.41, 5.74) is -0.0354. The third-order valence-corrected chi connectivity index (χ3v) is 4.73. The lowest BCUT2D eigenvalue weighted by Crippen LogP contribution is -2.49. The molecule has 2 aliphatic rings. The fraction of sp³-hybridized carbons (Fsp3) is 0.867. The summed E-state index contributed by atoms with van der Waals surface area (Å²) in [6.07, 6.45) is 7.39. The molecule has 2 fully saturated rings. The van der Waals surface area contributed by atoms with E-state index in [0.29, 0.717) is 32.2 Å². The second-order valence-corrected chi connectivity index (χ2v) is 6.20. The average Bonchev–Trinajstić information content (AvgIpc) is 2.38. The normalized spacial score (nSPS) is 24.8. The van der Waals surface area contributed by atoms with E-state index in [-0.39, 0.29) is 17.2 Å². The molecule has 1 atom stereocenters. The second kappa shape index (κ2) is 6.04. The first kappa shape index (κ1) is 14.5. The number of nitrogens with zero attached hydrogens (tertiary/aromatic N) is 1. The van der Waals surface area contributed by atoms with Crippen molar-refractivity contribution >= 4 is 11.8 Å². The number of hydrogen-bond donors (Lipinski definition) is 1. The largest absolute Gasteiger partial charge is 0.393 e. The number of rotatable bonds is 4. The van der Waals surface area contributed by atoms with E-state index in [9.17, 15) is 14.7 Å². The molecule has 4 nitrogen and oxygen atoms in total. The zero-order valence-corrected chi connectivity index (χ0v) is 11.9. The van der Waals surface area contributed by atoms with Crippen LogP contribution in [0.5, 0.6) is 0 Å². The number of carbonyl (C=O) groups excluding carboxylic acids is 2. The summed E-state index contributed by atoms with van der Waals surface area (Å²) < 4.78 is 0. The van der Waals surface area contributed by atoms with Crippen molar-refractivity contribution < 1.29 is 14.7 Å². The lowest BCUT2D eigenvalue weighted by atomic mass is 9.67. The van der Waals surface area contributed by atoms with Crippen LogP contribution in [0.3, 0.4) is 0 Å². The number of carbonyl (C=O) groups is 2. The van der Waals surface area contributed by atoms with E-state index in [4.69, 9.17) is 0 Å². The standard InChI is InChI=1S/C15H25NO3/c1-2-12(17)6-9-16-13(18)10-15(11-14(16)19)7-4-3-5-8-15/h12,17H,2-11H2,1H3. The minimum atomic E-state index is -0.411. The van der Waals surface area contributed by atoms with Gasteiger partial charge < -0.3 is 5.11 Å². The first-order valence-electron chi connectivity index (χ1n) is 7.57. The van der Waals surface area contributed by atoms with Crippen molar-refractivity contribution in [2.75, 3.05) is 6.54 Å². The van der Waals surface area contributed by atoms with Crippen molar-refractivity contribution in [1.82, 2.24) is 4.90 Å². The molecule has 0 aromatic heterocycles. The highest BCUT2D eigenvalue weighted by Crippen LogP contribution is 2.45. The van der Waals surface area contributed by atoms with Crippen LogP contribution in [0.25, 0.3) is 0 Å². The lowest BCUT2D eigenvalue weighted by molar-refractivity contribution is -0.155. The van der Waals surface area contributed by atoms with E-state index in [1.165, 1.54) is 11.3 Å². The molecule has 2 amide bonds. The van der Waals surface area contributed by atoms with Gasteiger partial charge in [0.2, 0.25) is 11.8 Å². The van der Waals surface area contributed by atoms with E-state index in [2.05, 4.69) is 0 Å². The van der Waals surface area contributed by atoms with Gasteiger partial charge in [-0.1, -0.05) is 26.2 Å². The Morgan fingerprint density at radius 3 is 2.26 bits per heavy atom. The molecule has 1 spiro atoms. The Bertz CT molecular complexity index is 327. The Kier molecular flexibility index (Phi) is 4.61. The fourth-order valence-electron chi connectivity index (χ4n) is 3.42. The quantitative estimate of drug-likeness (QED) is 0.795. The van der Waals surface area contributed by atoms with E-state index < -0.39 is 6.10 Å². The van der Waals surface area contributed by atoms with Gasteiger partial charge >= 0.3 is 0 Å². The van der Waals surface area contributed by atoms with Gasteiger partial charge in [-0.2, -0.15) is 0 Å². The first-order chi connectivity index (χ1) is 9.06. The fourth-order valence-corrected chi connectivity index (χ4v) is 3.42. The van der Waals surface area contributed by atoms with Crippen LogP contribution in [-0.4, -0.2) is 34.5 Å². The SMILES string of the molecule is CCC(O)CCN1C(=O)CC2(CCCCC2)CC1=O. The highest BCUT2D eigenvalue weighted by atomic mass is 16.3. The number of hydrogen-bond acceptors (Lipinski definition) is 3. The van der Waals surface area contributed by atoms with Gasteiger partial charge in [0.1, 0.15) is 0 Å². The van der Waals surface area contributed by atoms with Gasteiger partial charge in [-0.25, -0.2) is 0 Å². The molecule has 1 saturated carbocycles. The van der Waals surface area contributed by atoms with Crippen LogP contribution in [0.15, 0.2) is 0 Å². The van der Waals surface area contributed by atoms with Crippen LogP contribution in [0, 0.1) is 5.41 Å². The number of aliphatic hydroxyl groups is 1. The monoisotopic (exact) mass is 267 g/mol. The molecule has 19 heavy (non-hydrogen) atoms. The molecule has 0 radical (unpaired) electrons. The molecule has 108 valence electrons. The number of likely N-dealkylation sites (tertiary alicyclic amines) is 1. The zero-order valence-electron chi connectivity index (χ0n) is 11.9. The molecule has 1 unspecified atom stereocenters. The minimum Gasteiger partial charge on any atom is -0.393 e. The van der Waals surface area contributed by atoms with Crippen molar-refractivity contribution in [3.8, 4) is 0 Å². The molecular weight excluding hydrogens is 242 g/mol. The predicted octanol–water partition coefficient (Wildman–Crippen LogP) is 2.25. The lowest BCUT2D eigenvalue weighted by Gasteiger charge is -2.42. The van der Waals surface area contributed by atoms with E-state index >= 15 is 0 Å². The predicted molar refractivity (Wildman–Crippen MR) is 72.4 cm³/mol. The molecular formula is C15H25NO3. The van der Waals surface area contributed by atoms with Crippen LogP contribution < -0.4 is 0 Å². The summed E-state index contributed by atoms with van der Waals surface area (Å²) in [5.74, 6) is -0.0529. The number of aliphatic hydroxyl groups excluding tert-OH is 1. The summed E-state index contributed by atoms with van der Waals surface area (Å²) in [5, 5.41) is 9.55. The van der Waals surface area contributed by atoms with Crippen molar-refractivity contribution in [2.45, 2.75) is 70.8 Å². The van der Waals surface area contributed by atoms with Crippen LogP contribution in [-0.2, 0) is 9.59 Å². The van der Waals surface area contributed by atoms with Gasteiger partial charge in [0.15, 0.2) is 0 Å². The van der Waals surface area contributed by atoms with Gasteiger partial charge in [-0.05, 0) is 31.1 Å². The summed E-state index contributed by atoms with van der Waals surface area (Å²) in [4.78, 5) is 25.8. The number of amides is 2. The molecule has 1 saturated heterocycles. The number of piperidine rings is 1. The second-order valence-electron chi connectivity index (χ2n) is 6.20. The molecule has 4 heteroatoms. The minimum absolute atomic E-state index is 0.0264. The third kappa shape index (κ3) is 3.35. The molecule has 1 aliphatic heterocycles. The maximum atomic E-state index is 12.2. The Balaban J connectivity index is 1.95. The van der Waals surface area contributed by atoms with Crippen LogP contribution in [0.4, 0.5) is 0 Å². The molecule has 0 aromatic rings. The van der Waals surface area contributed by atoms with Gasteiger partial charge in [0.25, 0.3) is 0 Å². The maximum Gasteiger partial charge on any atom is 0.229 e. The Morgan fingerprint density at radius 1 is 1.16 bits per heavy atom. The van der Waals surface area contributed by atoms with Crippen molar-refractivity contribution in [3.63, 3.8) is 0 Å². The Morgan fingerprint density at radius 2 is 1.74 bits per heavy atom. The molecule has 0 aromatic carbocycles. The smallest absolute Gasteiger partial charge is 0.229 e. The number of imide groups is 1. The summed E-state index contributed by atoms with van der Waals surface area (Å²) >= 11 is 0. The van der Waals surface area contributed by atoms with Crippen molar-refractivity contribution in [1.29, 1.82) is 0 Å². The third-order valence-electron chi connectivity index (χ3n) is 4.73. The first-order valence-corrected chi connectivity index (χ1v) is 7.57. The maximum absolute atomic E-state index is 12.2. The van der Waals surface area contributed by atoms with Gasteiger partial charge in [0.05, 0.1) is 6.10 Å². The van der Waals surface area contributed by atoms with E-state index in [1.54, 1.807) is 0 Å². The van der Waals surface area contributed by atoms with Crippen LogP contribution in [0.2, 0.25) is 0 Å². The average molecular weight is 267 g/mol. The highest BCUT2D eigenvalue weighted by molar-refractivity contribution is 5.98. The van der Waals surface area contributed by atoms with Crippen LogP contribution >= 0.6 is 0 Å². The van der Waals surface area contributed by atoms with Gasteiger partial charge in [0, 0.05) is 19.4 Å². The van der Waals surface area contributed by atoms with Gasteiger partial charge in [-0.15, -0.1) is 0 Å². The Labute approximate surface area is 115 Å².